The van der Waals surface area contributed by atoms with Crippen LogP contribution in [0.4, 0.5) is 0 Å². The number of aliphatic hydroxyl groups excluding tert-OH is 1. The molecule has 1 aromatic rings. The molecule has 0 aliphatic heterocycles. The van der Waals surface area contributed by atoms with Crippen LogP contribution in [0.1, 0.15) is 37.1 Å². The molecule has 74 valence electrons. The van der Waals surface area contributed by atoms with Gasteiger partial charge in [0, 0.05) is 6.04 Å². The Balaban J connectivity index is 0.00000144. The Labute approximate surface area is 85.2 Å². The molecule has 1 aromatic carbocycles. The van der Waals surface area contributed by atoms with Crippen LogP contribution in [0, 0.1) is 0 Å². The summed E-state index contributed by atoms with van der Waals surface area (Å²) in [5.74, 6) is 0. The Kier molecular flexibility index (Phi) is 4.99. The van der Waals surface area contributed by atoms with Gasteiger partial charge in [-0.1, -0.05) is 24.3 Å². The van der Waals surface area contributed by atoms with Crippen molar-refractivity contribution >= 4 is 12.4 Å². The molecule has 0 heterocycles. The van der Waals surface area contributed by atoms with Crippen molar-refractivity contribution in [3.05, 3.63) is 35.4 Å². The highest BCUT2D eigenvalue weighted by Gasteiger charge is 2.01. The molecule has 0 fully saturated rings. The van der Waals surface area contributed by atoms with Crippen molar-refractivity contribution in [1.82, 2.24) is 0 Å². The third kappa shape index (κ3) is 3.35. The first-order valence-corrected chi connectivity index (χ1v) is 4.14. The summed E-state index contributed by atoms with van der Waals surface area (Å²) in [6.45, 7) is 3.69. The summed E-state index contributed by atoms with van der Waals surface area (Å²) < 4.78 is 0. The molecule has 0 saturated heterocycles. The molecule has 0 aromatic heterocycles. The predicted octanol–water partition coefficient (Wildman–Crippen LogP) is 2.18. The van der Waals surface area contributed by atoms with Crippen LogP contribution in [0.2, 0.25) is 0 Å². The molecule has 3 heteroatoms. The van der Waals surface area contributed by atoms with Crippen LogP contribution in [0.5, 0.6) is 0 Å². The molecule has 0 saturated carbocycles. The van der Waals surface area contributed by atoms with Gasteiger partial charge in [0.15, 0.2) is 0 Å². The summed E-state index contributed by atoms with van der Waals surface area (Å²) >= 11 is 0. The molecule has 0 aliphatic rings. The zero-order valence-electron chi connectivity index (χ0n) is 7.90. The van der Waals surface area contributed by atoms with Crippen molar-refractivity contribution in [2.75, 3.05) is 0 Å². The maximum Gasteiger partial charge on any atom is 0.0761 e. The molecule has 2 atom stereocenters. The number of aliphatic hydroxyl groups is 1. The van der Waals surface area contributed by atoms with Crippen molar-refractivity contribution in [3.8, 4) is 0 Å². The first-order valence-electron chi connectivity index (χ1n) is 4.14. The van der Waals surface area contributed by atoms with Gasteiger partial charge in [-0.05, 0) is 25.0 Å². The average Bonchev–Trinajstić information content (AvgIpc) is 2.04. The van der Waals surface area contributed by atoms with Gasteiger partial charge in [0.25, 0.3) is 0 Å². The van der Waals surface area contributed by atoms with Crippen molar-refractivity contribution in [2.24, 2.45) is 5.73 Å². The molecule has 1 rings (SSSR count). The number of rotatable bonds is 2. The van der Waals surface area contributed by atoms with Gasteiger partial charge in [0.1, 0.15) is 0 Å². The minimum atomic E-state index is -0.396. The fourth-order valence-corrected chi connectivity index (χ4v) is 1.08. The fourth-order valence-electron chi connectivity index (χ4n) is 1.08. The molecular formula is C10H16ClNO. The lowest BCUT2D eigenvalue weighted by Crippen LogP contribution is -2.04. The first kappa shape index (κ1) is 12.4. The van der Waals surface area contributed by atoms with E-state index < -0.39 is 6.10 Å². The molecule has 3 N–H and O–H groups in total. The quantitative estimate of drug-likeness (QED) is 0.771. The Morgan fingerprint density at radius 2 is 1.46 bits per heavy atom. The lowest BCUT2D eigenvalue weighted by molar-refractivity contribution is 0.199. The van der Waals surface area contributed by atoms with Crippen LogP contribution < -0.4 is 5.73 Å². The third-order valence-corrected chi connectivity index (χ3v) is 1.94. The zero-order valence-corrected chi connectivity index (χ0v) is 8.71. The molecule has 13 heavy (non-hydrogen) atoms. The van der Waals surface area contributed by atoms with E-state index in [1.165, 1.54) is 0 Å². The normalized spacial score (nSPS) is 14.5. The smallest absolute Gasteiger partial charge is 0.0761 e. The average molecular weight is 202 g/mol. The second kappa shape index (κ2) is 5.22. The van der Waals surface area contributed by atoms with Crippen LogP contribution in [0.15, 0.2) is 24.3 Å². The van der Waals surface area contributed by atoms with Crippen LogP contribution >= 0.6 is 12.4 Å². The molecule has 0 spiro atoms. The Morgan fingerprint density at radius 3 is 1.77 bits per heavy atom. The van der Waals surface area contributed by atoms with E-state index in [4.69, 9.17) is 5.73 Å². The third-order valence-electron chi connectivity index (χ3n) is 1.94. The van der Waals surface area contributed by atoms with Gasteiger partial charge < -0.3 is 10.8 Å². The van der Waals surface area contributed by atoms with Gasteiger partial charge in [-0.15, -0.1) is 12.4 Å². The molecule has 0 amide bonds. The van der Waals surface area contributed by atoms with Crippen molar-refractivity contribution in [2.45, 2.75) is 26.0 Å². The fraction of sp³-hybridized carbons (Fsp3) is 0.400. The van der Waals surface area contributed by atoms with Crippen molar-refractivity contribution in [1.29, 1.82) is 0 Å². The Bertz CT molecular complexity index is 217. The summed E-state index contributed by atoms with van der Waals surface area (Å²) in [6.07, 6.45) is -0.396. The molecule has 0 bridgehead atoms. The summed E-state index contributed by atoms with van der Waals surface area (Å²) in [6, 6.07) is 7.78. The highest BCUT2D eigenvalue weighted by Crippen LogP contribution is 2.15. The van der Waals surface area contributed by atoms with Gasteiger partial charge >= 0.3 is 0 Å². The number of nitrogens with two attached hydrogens (primary N) is 1. The van der Waals surface area contributed by atoms with Gasteiger partial charge in [0.2, 0.25) is 0 Å². The first-order chi connectivity index (χ1) is 5.61. The van der Waals surface area contributed by atoms with Crippen LogP contribution in [0.25, 0.3) is 0 Å². The number of hydrogen-bond donors (Lipinski definition) is 2. The van der Waals surface area contributed by atoms with Gasteiger partial charge in [-0.25, -0.2) is 0 Å². The van der Waals surface area contributed by atoms with E-state index in [0.717, 1.165) is 11.1 Å². The van der Waals surface area contributed by atoms with E-state index in [1.807, 2.05) is 31.2 Å². The monoisotopic (exact) mass is 201 g/mol. The Morgan fingerprint density at radius 1 is 1.08 bits per heavy atom. The summed E-state index contributed by atoms with van der Waals surface area (Å²) in [4.78, 5) is 0. The van der Waals surface area contributed by atoms with Gasteiger partial charge in [0.05, 0.1) is 6.10 Å². The highest BCUT2D eigenvalue weighted by atomic mass is 35.5. The van der Waals surface area contributed by atoms with E-state index in [0.29, 0.717) is 0 Å². The predicted molar refractivity (Wildman–Crippen MR) is 56.9 cm³/mol. The molecule has 0 aliphatic carbocycles. The minimum absolute atomic E-state index is 0. The van der Waals surface area contributed by atoms with E-state index in [9.17, 15) is 5.11 Å². The lowest BCUT2D eigenvalue weighted by atomic mass is 10.0. The molecule has 0 radical (unpaired) electrons. The minimum Gasteiger partial charge on any atom is -0.389 e. The van der Waals surface area contributed by atoms with Crippen molar-refractivity contribution < 1.29 is 5.11 Å². The Hall–Kier alpha value is -0.570. The van der Waals surface area contributed by atoms with E-state index in [2.05, 4.69) is 0 Å². The SMILES string of the molecule is CC(N)c1ccc(C(C)O)cc1.Cl. The molecular weight excluding hydrogens is 186 g/mol. The highest BCUT2D eigenvalue weighted by molar-refractivity contribution is 5.85. The van der Waals surface area contributed by atoms with E-state index in [1.54, 1.807) is 6.92 Å². The van der Waals surface area contributed by atoms with E-state index in [-0.39, 0.29) is 18.4 Å². The second-order valence-corrected chi connectivity index (χ2v) is 3.13. The summed E-state index contributed by atoms with van der Waals surface area (Å²) in [5.41, 5.74) is 7.70. The van der Waals surface area contributed by atoms with Crippen LogP contribution in [0.3, 0.4) is 0 Å². The zero-order chi connectivity index (χ0) is 9.14. The lowest BCUT2D eigenvalue weighted by Gasteiger charge is -2.08. The molecule has 2 unspecified atom stereocenters. The van der Waals surface area contributed by atoms with Crippen LogP contribution in [-0.4, -0.2) is 5.11 Å². The van der Waals surface area contributed by atoms with E-state index >= 15 is 0 Å². The number of hydrogen-bond acceptors (Lipinski definition) is 2. The number of halogens is 1. The maximum absolute atomic E-state index is 9.22. The topological polar surface area (TPSA) is 46.2 Å². The van der Waals surface area contributed by atoms with Crippen LogP contribution in [-0.2, 0) is 0 Å². The summed E-state index contributed by atoms with van der Waals surface area (Å²) in [5, 5.41) is 9.22. The largest absolute Gasteiger partial charge is 0.389 e. The standard InChI is InChI=1S/C10H15NO.ClH/c1-7(11)9-3-5-10(6-4-9)8(2)12;/h3-8,12H,11H2,1-2H3;1H. The number of benzene rings is 1. The van der Waals surface area contributed by atoms with Crippen molar-refractivity contribution in [3.63, 3.8) is 0 Å². The van der Waals surface area contributed by atoms with Gasteiger partial charge in [-0.2, -0.15) is 0 Å². The summed E-state index contributed by atoms with van der Waals surface area (Å²) in [7, 11) is 0. The maximum atomic E-state index is 9.22. The van der Waals surface area contributed by atoms with Gasteiger partial charge in [-0.3, -0.25) is 0 Å². The second-order valence-electron chi connectivity index (χ2n) is 3.13. The molecule has 2 nitrogen and oxygen atoms in total.